The molecule has 1 aliphatic heterocycles. The second kappa shape index (κ2) is 7.80. The Morgan fingerprint density at radius 3 is 2.81 bits per heavy atom. The van der Waals surface area contributed by atoms with Crippen molar-refractivity contribution in [1.29, 1.82) is 0 Å². The van der Waals surface area contributed by atoms with Crippen LogP contribution in [0.5, 0.6) is 0 Å². The summed E-state index contributed by atoms with van der Waals surface area (Å²) >= 11 is 1.46. The molecule has 0 bridgehead atoms. The fourth-order valence-corrected chi connectivity index (χ4v) is 4.06. The van der Waals surface area contributed by atoms with Gasteiger partial charge in [-0.3, -0.25) is 9.36 Å². The SMILES string of the molecule is C[C@@H](Sc1nnc(C2CC2)n1-c1ccccc1)C(=O)NC[C@@H]1CCCO1. The number of ether oxygens (including phenoxy) is 1. The number of para-hydroxylation sites is 1. The molecule has 2 aliphatic rings. The largest absolute Gasteiger partial charge is 0.376 e. The Hall–Kier alpha value is -1.86. The molecule has 1 N–H and O–H groups in total. The van der Waals surface area contributed by atoms with Crippen molar-refractivity contribution in [2.75, 3.05) is 13.2 Å². The maximum Gasteiger partial charge on any atom is 0.233 e. The quantitative estimate of drug-likeness (QED) is 0.757. The number of nitrogens with one attached hydrogen (secondary N) is 1. The van der Waals surface area contributed by atoms with E-state index in [1.54, 1.807) is 0 Å². The van der Waals surface area contributed by atoms with Crippen molar-refractivity contribution < 1.29 is 9.53 Å². The van der Waals surface area contributed by atoms with E-state index in [4.69, 9.17) is 4.74 Å². The minimum Gasteiger partial charge on any atom is -0.376 e. The second-order valence-electron chi connectivity index (χ2n) is 6.93. The van der Waals surface area contributed by atoms with Gasteiger partial charge < -0.3 is 10.1 Å². The van der Waals surface area contributed by atoms with Gasteiger partial charge in [0.2, 0.25) is 5.91 Å². The van der Waals surface area contributed by atoms with Gasteiger partial charge in [0, 0.05) is 24.8 Å². The van der Waals surface area contributed by atoms with E-state index in [0.29, 0.717) is 12.5 Å². The summed E-state index contributed by atoms with van der Waals surface area (Å²) in [6.07, 6.45) is 4.58. The Kier molecular flexibility index (Phi) is 5.26. The van der Waals surface area contributed by atoms with Gasteiger partial charge in [-0.25, -0.2) is 0 Å². The van der Waals surface area contributed by atoms with Gasteiger partial charge in [0.05, 0.1) is 11.4 Å². The monoisotopic (exact) mass is 372 g/mol. The molecule has 138 valence electrons. The lowest BCUT2D eigenvalue weighted by Crippen LogP contribution is -2.36. The smallest absolute Gasteiger partial charge is 0.233 e. The summed E-state index contributed by atoms with van der Waals surface area (Å²) in [6, 6.07) is 10.1. The molecule has 26 heavy (non-hydrogen) atoms. The van der Waals surface area contributed by atoms with Crippen molar-refractivity contribution in [3.8, 4) is 5.69 Å². The zero-order chi connectivity index (χ0) is 17.9. The first-order valence-corrected chi connectivity index (χ1v) is 10.2. The Morgan fingerprint density at radius 1 is 1.31 bits per heavy atom. The minimum absolute atomic E-state index is 0.0149. The van der Waals surface area contributed by atoms with E-state index < -0.39 is 0 Å². The van der Waals surface area contributed by atoms with Crippen molar-refractivity contribution in [3.63, 3.8) is 0 Å². The van der Waals surface area contributed by atoms with E-state index >= 15 is 0 Å². The molecular weight excluding hydrogens is 348 g/mol. The number of carbonyl (C=O) groups excluding carboxylic acids is 1. The molecule has 1 aromatic heterocycles. The van der Waals surface area contributed by atoms with Crippen LogP contribution in [0.25, 0.3) is 5.69 Å². The van der Waals surface area contributed by atoms with Gasteiger partial charge >= 0.3 is 0 Å². The predicted molar refractivity (Wildman–Crippen MR) is 101 cm³/mol. The summed E-state index contributed by atoms with van der Waals surface area (Å²) in [5, 5.41) is 12.3. The molecule has 1 amide bonds. The van der Waals surface area contributed by atoms with Gasteiger partial charge in [-0.15, -0.1) is 10.2 Å². The molecule has 2 heterocycles. The number of nitrogens with zero attached hydrogens (tertiary/aromatic N) is 3. The summed E-state index contributed by atoms with van der Waals surface area (Å²) < 4.78 is 7.67. The van der Waals surface area contributed by atoms with Crippen LogP contribution in [-0.4, -0.2) is 45.2 Å². The zero-order valence-electron chi connectivity index (χ0n) is 14.9. The van der Waals surface area contributed by atoms with Crippen LogP contribution in [0.15, 0.2) is 35.5 Å². The topological polar surface area (TPSA) is 69.0 Å². The Labute approximate surface area is 157 Å². The second-order valence-corrected chi connectivity index (χ2v) is 8.23. The third kappa shape index (κ3) is 3.94. The van der Waals surface area contributed by atoms with Gasteiger partial charge in [0.25, 0.3) is 0 Å². The van der Waals surface area contributed by atoms with Crippen molar-refractivity contribution in [1.82, 2.24) is 20.1 Å². The van der Waals surface area contributed by atoms with Gasteiger partial charge in [-0.2, -0.15) is 0 Å². The molecular formula is C19H24N4O2S. The van der Waals surface area contributed by atoms with Gasteiger partial charge in [0.1, 0.15) is 5.82 Å². The zero-order valence-corrected chi connectivity index (χ0v) is 15.7. The first-order chi connectivity index (χ1) is 12.7. The molecule has 7 heteroatoms. The van der Waals surface area contributed by atoms with Crippen LogP contribution in [0.2, 0.25) is 0 Å². The standard InChI is InChI=1S/C19H24N4O2S/c1-13(18(24)20-12-16-8-5-11-25-16)26-19-22-21-17(14-9-10-14)23(19)15-6-3-2-4-7-15/h2-4,6-7,13-14,16H,5,8-12H2,1H3,(H,20,24)/t13-,16+/m1/s1. The molecule has 0 unspecified atom stereocenters. The van der Waals surface area contributed by atoms with E-state index in [2.05, 4.69) is 32.2 Å². The van der Waals surface area contributed by atoms with Crippen LogP contribution < -0.4 is 5.32 Å². The summed E-state index contributed by atoms with van der Waals surface area (Å²) in [5.41, 5.74) is 1.05. The van der Waals surface area contributed by atoms with Crippen LogP contribution in [0.3, 0.4) is 0 Å². The molecule has 2 fully saturated rings. The number of amides is 1. The average molecular weight is 372 g/mol. The van der Waals surface area contributed by atoms with E-state index in [9.17, 15) is 4.79 Å². The molecule has 1 aliphatic carbocycles. The van der Waals surface area contributed by atoms with E-state index in [-0.39, 0.29) is 17.3 Å². The Balaban J connectivity index is 1.46. The highest BCUT2D eigenvalue weighted by atomic mass is 32.2. The first-order valence-electron chi connectivity index (χ1n) is 9.29. The van der Waals surface area contributed by atoms with Crippen molar-refractivity contribution >= 4 is 17.7 Å². The molecule has 0 radical (unpaired) electrons. The molecule has 2 aromatic rings. The fraction of sp³-hybridized carbons (Fsp3) is 0.526. The first kappa shape index (κ1) is 17.5. The minimum atomic E-state index is -0.241. The highest BCUT2D eigenvalue weighted by molar-refractivity contribution is 8.00. The van der Waals surface area contributed by atoms with E-state index in [1.807, 2.05) is 25.1 Å². The van der Waals surface area contributed by atoms with Crippen LogP contribution >= 0.6 is 11.8 Å². The van der Waals surface area contributed by atoms with Gasteiger partial charge in [0.15, 0.2) is 5.16 Å². The molecule has 0 spiro atoms. The van der Waals surface area contributed by atoms with Crippen LogP contribution in [-0.2, 0) is 9.53 Å². The van der Waals surface area contributed by atoms with Gasteiger partial charge in [-0.05, 0) is 44.7 Å². The molecule has 1 saturated carbocycles. The van der Waals surface area contributed by atoms with E-state index in [1.165, 1.54) is 11.8 Å². The van der Waals surface area contributed by atoms with Crippen LogP contribution in [0.1, 0.15) is 44.3 Å². The lowest BCUT2D eigenvalue weighted by molar-refractivity contribution is -0.120. The number of aromatic nitrogens is 3. The number of carbonyl (C=O) groups is 1. The Morgan fingerprint density at radius 2 is 2.12 bits per heavy atom. The fourth-order valence-electron chi connectivity index (χ4n) is 3.16. The molecule has 2 atom stereocenters. The van der Waals surface area contributed by atoms with Crippen LogP contribution in [0, 0.1) is 0 Å². The highest BCUT2D eigenvalue weighted by Crippen LogP contribution is 2.41. The van der Waals surface area contributed by atoms with Crippen molar-refractivity contribution in [3.05, 3.63) is 36.2 Å². The Bertz CT molecular complexity index is 754. The number of hydrogen-bond acceptors (Lipinski definition) is 5. The van der Waals surface area contributed by atoms with Crippen molar-refractivity contribution in [2.45, 2.75) is 55.0 Å². The normalized spacial score (nSPS) is 20.9. The number of hydrogen-bond donors (Lipinski definition) is 1. The average Bonchev–Trinajstić information content (AvgIpc) is 3.21. The number of thioether (sulfide) groups is 1. The lowest BCUT2D eigenvalue weighted by Gasteiger charge is -2.15. The number of benzene rings is 1. The third-order valence-corrected chi connectivity index (χ3v) is 5.84. The van der Waals surface area contributed by atoms with E-state index in [0.717, 1.165) is 49.0 Å². The lowest BCUT2D eigenvalue weighted by atomic mass is 10.2. The van der Waals surface area contributed by atoms with Gasteiger partial charge in [-0.1, -0.05) is 30.0 Å². The molecule has 1 saturated heterocycles. The molecule has 1 aromatic carbocycles. The van der Waals surface area contributed by atoms with Crippen molar-refractivity contribution in [2.24, 2.45) is 0 Å². The summed E-state index contributed by atoms with van der Waals surface area (Å²) in [6.45, 7) is 3.30. The maximum absolute atomic E-state index is 12.5. The third-order valence-electron chi connectivity index (χ3n) is 4.79. The molecule has 6 nitrogen and oxygen atoms in total. The highest BCUT2D eigenvalue weighted by Gasteiger charge is 2.32. The molecule has 4 rings (SSSR count). The maximum atomic E-state index is 12.5. The number of rotatable bonds is 7. The summed E-state index contributed by atoms with van der Waals surface area (Å²) in [5.74, 6) is 1.51. The summed E-state index contributed by atoms with van der Waals surface area (Å²) in [7, 11) is 0. The predicted octanol–water partition coefficient (Wildman–Crippen LogP) is 2.92. The summed E-state index contributed by atoms with van der Waals surface area (Å²) in [4.78, 5) is 12.5. The van der Waals surface area contributed by atoms with Crippen LogP contribution in [0.4, 0.5) is 0 Å².